The molecule has 0 bridgehead atoms. The Balaban J connectivity index is 1.53. The molecule has 0 aromatic heterocycles. The lowest BCUT2D eigenvalue weighted by molar-refractivity contribution is 0.340. The Morgan fingerprint density at radius 1 is 0.588 bits per heavy atom. The fourth-order valence-corrected chi connectivity index (χ4v) is 4.19. The van der Waals surface area contributed by atoms with Crippen molar-refractivity contribution in [2.45, 2.75) is 39.5 Å². The molecule has 0 aliphatic rings. The van der Waals surface area contributed by atoms with Gasteiger partial charge in [0.1, 0.15) is 17.4 Å². The van der Waals surface area contributed by atoms with Gasteiger partial charge in [0.25, 0.3) is 0 Å². The highest BCUT2D eigenvalue weighted by Gasteiger charge is 2.12. The normalized spacial score (nSPS) is 10.9. The first-order valence-corrected chi connectivity index (χ1v) is 12.0. The second-order valence-electron chi connectivity index (χ2n) is 8.50. The fraction of sp³-hybridized carbons (Fsp3) is 0.226. The number of rotatable bonds is 9. The third-order valence-corrected chi connectivity index (χ3v) is 6.08. The van der Waals surface area contributed by atoms with E-state index in [9.17, 15) is 4.39 Å². The maximum absolute atomic E-state index is 15.0. The van der Waals surface area contributed by atoms with Gasteiger partial charge >= 0.3 is 0 Å². The summed E-state index contributed by atoms with van der Waals surface area (Å²) in [7, 11) is 0. The van der Waals surface area contributed by atoms with Crippen molar-refractivity contribution < 1.29 is 13.5 Å². The Labute approximate surface area is 201 Å². The average molecular weight is 457 g/mol. The Kier molecular flexibility index (Phi) is 7.74. The Bertz CT molecular complexity index is 1230. The lowest BCUT2D eigenvalue weighted by Crippen LogP contribution is -1.92. The van der Waals surface area contributed by atoms with E-state index in [1.54, 1.807) is 18.2 Å². The van der Waals surface area contributed by atoms with Crippen molar-refractivity contribution in [3.8, 4) is 39.1 Å². The van der Waals surface area contributed by atoms with Crippen molar-refractivity contribution in [1.29, 1.82) is 0 Å². The standard InChI is InChI=1S/C31H30F2O/c1-3-5-6-7-22-8-10-23(11-9-22)25-14-18-29(30(32)20-25)26-15-19-28(31(33)21-26)24-12-16-27(17-13-24)34-4-2/h8-21H,3-7H2,1-2H3. The van der Waals surface area contributed by atoms with Crippen molar-refractivity contribution in [2.24, 2.45) is 0 Å². The molecule has 0 aliphatic heterocycles. The van der Waals surface area contributed by atoms with Crippen molar-refractivity contribution in [2.75, 3.05) is 6.61 Å². The van der Waals surface area contributed by atoms with Crippen LogP contribution in [0.1, 0.15) is 38.7 Å². The first-order chi connectivity index (χ1) is 16.6. The lowest BCUT2D eigenvalue weighted by Gasteiger charge is -2.10. The molecule has 0 amide bonds. The summed E-state index contributed by atoms with van der Waals surface area (Å²) in [6.07, 6.45) is 4.70. The van der Waals surface area contributed by atoms with E-state index in [1.807, 2.05) is 49.4 Å². The molecular weight excluding hydrogens is 426 g/mol. The summed E-state index contributed by atoms with van der Waals surface area (Å²) in [6, 6.07) is 25.6. The third kappa shape index (κ3) is 5.53. The lowest BCUT2D eigenvalue weighted by atomic mass is 9.96. The summed E-state index contributed by atoms with van der Waals surface area (Å²) < 4.78 is 35.4. The first kappa shape index (κ1) is 23.7. The molecule has 4 aromatic rings. The highest BCUT2D eigenvalue weighted by atomic mass is 19.1. The number of aryl methyl sites for hydroxylation is 1. The minimum Gasteiger partial charge on any atom is -0.494 e. The summed E-state index contributed by atoms with van der Waals surface area (Å²) in [5.74, 6) is -0.00175. The minimum absolute atomic E-state index is 0.363. The first-order valence-electron chi connectivity index (χ1n) is 12.0. The van der Waals surface area contributed by atoms with Crippen LogP contribution in [0.2, 0.25) is 0 Å². The zero-order valence-corrected chi connectivity index (χ0v) is 19.8. The van der Waals surface area contributed by atoms with E-state index in [1.165, 1.54) is 37.0 Å². The van der Waals surface area contributed by atoms with Crippen LogP contribution in [0.4, 0.5) is 8.78 Å². The molecule has 1 nitrogen and oxygen atoms in total. The Morgan fingerprint density at radius 3 is 1.76 bits per heavy atom. The van der Waals surface area contributed by atoms with Gasteiger partial charge in [-0.25, -0.2) is 8.78 Å². The van der Waals surface area contributed by atoms with Crippen LogP contribution in [-0.4, -0.2) is 6.61 Å². The van der Waals surface area contributed by atoms with Gasteiger partial charge in [-0.1, -0.05) is 80.4 Å². The van der Waals surface area contributed by atoms with Crippen LogP contribution in [0.15, 0.2) is 84.9 Å². The third-order valence-electron chi connectivity index (χ3n) is 6.08. The van der Waals surface area contributed by atoms with Gasteiger partial charge in [-0.3, -0.25) is 0 Å². The summed E-state index contributed by atoms with van der Waals surface area (Å²) in [5, 5.41) is 0. The van der Waals surface area contributed by atoms with Crippen LogP contribution in [-0.2, 0) is 6.42 Å². The van der Waals surface area contributed by atoms with E-state index in [0.29, 0.717) is 23.3 Å². The van der Waals surface area contributed by atoms with Crippen molar-refractivity contribution in [3.05, 3.63) is 102 Å². The van der Waals surface area contributed by atoms with Gasteiger partial charge in [0.2, 0.25) is 0 Å². The zero-order valence-electron chi connectivity index (χ0n) is 19.8. The predicted molar refractivity (Wildman–Crippen MR) is 137 cm³/mol. The molecule has 4 aromatic carbocycles. The van der Waals surface area contributed by atoms with Gasteiger partial charge in [0, 0.05) is 11.1 Å². The van der Waals surface area contributed by atoms with Gasteiger partial charge in [-0.05, 0) is 71.8 Å². The van der Waals surface area contributed by atoms with Gasteiger partial charge in [-0.15, -0.1) is 0 Å². The Hall–Kier alpha value is -3.46. The molecule has 0 fully saturated rings. The fourth-order valence-electron chi connectivity index (χ4n) is 4.19. The molecule has 0 saturated carbocycles. The highest BCUT2D eigenvalue weighted by Crippen LogP contribution is 2.32. The monoisotopic (exact) mass is 456 g/mol. The van der Waals surface area contributed by atoms with E-state index >= 15 is 4.39 Å². The van der Waals surface area contributed by atoms with Crippen molar-refractivity contribution in [1.82, 2.24) is 0 Å². The van der Waals surface area contributed by atoms with Crippen LogP contribution in [0.3, 0.4) is 0 Å². The number of hydrogen-bond acceptors (Lipinski definition) is 1. The Morgan fingerprint density at radius 2 is 1.15 bits per heavy atom. The van der Waals surface area contributed by atoms with Gasteiger partial charge in [-0.2, -0.15) is 0 Å². The number of hydrogen-bond donors (Lipinski definition) is 0. The SMILES string of the molecule is CCCCCc1ccc(-c2ccc(-c3ccc(-c4ccc(OCC)cc4)c(F)c3)c(F)c2)cc1. The van der Waals surface area contributed by atoms with Gasteiger partial charge < -0.3 is 4.74 Å². The second-order valence-corrected chi connectivity index (χ2v) is 8.50. The smallest absolute Gasteiger partial charge is 0.131 e. The van der Waals surface area contributed by atoms with Crippen LogP contribution >= 0.6 is 0 Å². The van der Waals surface area contributed by atoms with Crippen LogP contribution in [0.25, 0.3) is 33.4 Å². The molecule has 0 aliphatic carbocycles. The molecule has 0 unspecified atom stereocenters. The van der Waals surface area contributed by atoms with E-state index in [2.05, 4.69) is 19.1 Å². The van der Waals surface area contributed by atoms with E-state index in [0.717, 1.165) is 28.9 Å². The van der Waals surface area contributed by atoms with E-state index < -0.39 is 0 Å². The van der Waals surface area contributed by atoms with Crippen LogP contribution < -0.4 is 4.74 Å². The number of halogens is 2. The largest absolute Gasteiger partial charge is 0.494 e. The van der Waals surface area contributed by atoms with Gasteiger partial charge in [0.15, 0.2) is 0 Å². The average Bonchev–Trinajstić information content (AvgIpc) is 2.85. The second kappa shape index (κ2) is 11.1. The molecular formula is C31H30F2O. The summed E-state index contributed by atoms with van der Waals surface area (Å²) >= 11 is 0. The maximum Gasteiger partial charge on any atom is 0.131 e. The van der Waals surface area contributed by atoms with Gasteiger partial charge in [0.05, 0.1) is 6.61 Å². The maximum atomic E-state index is 15.0. The summed E-state index contributed by atoms with van der Waals surface area (Å²) in [6.45, 7) is 4.70. The molecule has 0 heterocycles. The van der Waals surface area contributed by atoms with Crippen LogP contribution in [0.5, 0.6) is 5.75 Å². The topological polar surface area (TPSA) is 9.23 Å². The molecule has 34 heavy (non-hydrogen) atoms. The van der Waals surface area contributed by atoms with E-state index in [-0.39, 0.29) is 11.6 Å². The quantitative estimate of drug-likeness (QED) is 0.228. The molecule has 0 spiro atoms. The molecule has 4 rings (SSSR count). The van der Waals surface area contributed by atoms with Crippen LogP contribution in [0, 0.1) is 11.6 Å². The predicted octanol–water partition coefficient (Wildman–Crippen LogP) is 9.10. The molecule has 0 saturated heterocycles. The highest BCUT2D eigenvalue weighted by molar-refractivity contribution is 5.74. The molecule has 0 N–H and O–H groups in total. The molecule has 0 radical (unpaired) electrons. The zero-order chi connectivity index (χ0) is 23.9. The van der Waals surface area contributed by atoms with Crippen molar-refractivity contribution >= 4 is 0 Å². The summed E-state index contributed by atoms with van der Waals surface area (Å²) in [5.41, 5.74) is 5.22. The molecule has 174 valence electrons. The van der Waals surface area contributed by atoms with Crippen molar-refractivity contribution in [3.63, 3.8) is 0 Å². The van der Waals surface area contributed by atoms with E-state index in [4.69, 9.17) is 4.74 Å². The number of unbranched alkanes of at least 4 members (excludes halogenated alkanes) is 2. The summed E-state index contributed by atoms with van der Waals surface area (Å²) in [4.78, 5) is 0. The minimum atomic E-state index is -0.385. The molecule has 3 heteroatoms. The number of benzene rings is 4. The number of ether oxygens (including phenoxy) is 1. The molecule has 0 atom stereocenters.